The van der Waals surface area contributed by atoms with Gasteiger partial charge in [0.2, 0.25) is 0 Å². The predicted octanol–water partition coefficient (Wildman–Crippen LogP) is 1.51. The van der Waals surface area contributed by atoms with Gasteiger partial charge in [0.1, 0.15) is 0 Å². The summed E-state index contributed by atoms with van der Waals surface area (Å²) in [5.74, 6) is 0. The van der Waals surface area contributed by atoms with Crippen molar-refractivity contribution in [3.63, 3.8) is 0 Å². The van der Waals surface area contributed by atoms with E-state index in [0.29, 0.717) is 0 Å². The SMILES string of the molecule is COCCNCCCN(C)Cc1scnc1C. The highest BCUT2D eigenvalue weighted by Crippen LogP contribution is 2.13. The van der Waals surface area contributed by atoms with Crippen molar-refractivity contribution in [1.29, 1.82) is 0 Å². The van der Waals surface area contributed by atoms with Gasteiger partial charge in [-0.25, -0.2) is 4.98 Å². The molecule has 1 N–H and O–H groups in total. The number of hydrogen-bond acceptors (Lipinski definition) is 5. The maximum absolute atomic E-state index is 4.97. The third-order valence-corrected chi connectivity index (χ3v) is 3.55. The summed E-state index contributed by atoms with van der Waals surface area (Å²) in [6, 6.07) is 0. The molecule has 1 rings (SSSR count). The third-order valence-electron chi connectivity index (χ3n) is 2.63. The number of hydrogen-bond donors (Lipinski definition) is 1. The zero-order chi connectivity index (χ0) is 12.5. The smallest absolute Gasteiger partial charge is 0.0798 e. The highest BCUT2D eigenvalue weighted by molar-refractivity contribution is 7.09. The lowest BCUT2D eigenvalue weighted by atomic mass is 10.3. The highest BCUT2D eigenvalue weighted by atomic mass is 32.1. The maximum Gasteiger partial charge on any atom is 0.0798 e. The number of aryl methyl sites for hydroxylation is 1. The fraction of sp³-hybridized carbons (Fsp3) is 0.750. The summed E-state index contributed by atoms with van der Waals surface area (Å²) in [7, 11) is 3.89. The number of nitrogens with zero attached hydrogens (tertiary/aromatic N) is 2. The molecule has 0 aliphatic rings. The van der Waals surface area contributed by atoms with Crippen LogP contribution in [0.3, 0.4) is 0 Å². The largest absolute Gasteiger partial charge is 0.383 e. The summed E-state index contributed by atoms with van der Waals surface area (Å²) in [6.07, 6.45) is 1.16. The van der Waals surface area contributed by atoms with Gasteiger partial charge < -0.3 is 15.0 Å². The molecule has 0 radical (unpaired) electrons. The lowest BCUT2D eigenvalue weighted by Gasteiger charge is -2.15. The van der Waals surface area contributed by atoms with E-state index in [-0.39, 0.29) is 0 Å². The minimum atomic E-state index is 0.788. The minimum Gasteiger partial charge on any atom is -0.383 e. The van der Waals surface area contributed by atoms with E-state index in [1.165, 1.54) is 10.6 Å². The van der Waals surface area contributed by atoms with Crippen LogP contribution in [0, 0.1) is 6.92 Å². The van der Waals surface area contributed by atoms with Crippen molar-refractivity contribution < 1.29 is 4.74 Å². The number of rotatable bonds is 9. The van der Waals surface area contributed by atoms with E-state index in [0.717, 1.165) is 39.2 Å². The monoisotopic (exact) mass is 257 g/mol. The second kappa shape index (κ2) is 8.58. The number of nitrogens with one attached hydrogen (secondary N) is 1. The Kier molecular flexibility index (Phi) is 7.35. The van der Waals surface area contributed by atoms with Crippen molar-refractivity contribution in [2.24, 2.45) is 0 Å². The molecule has 0 aliphatic heterocycles. The predicted molar refractivity (Wildman–Crippen MR) is 72.5 cm³/mol. The molecule has 4 nitrogen and oxygen atoms in total. The topological polar surface area (TPSA) is 37.4 Å². The van der Waals surface area contributed by atoms with Crippen molar-refractivity contribution in [1.82, 2.24) is 15.2 Å². The Bertz CT molecular complexity index is 304. The summed E-state index contributed by atoms with van der Waals surface area (Å²) in [5.41, 5.74) is 3.09. The van der Waals surface area contributed by atoms with E-state index in [1.54, 1.807) is 18.4 Å². The molecule has 0 aliphatic carbocycles. The van der Waals surface area contributed by atoms with E-state index in [4.69, 9.17) is 4.74 Å². The molecule has 5 heteroatoms. The molecule has 0 aromatic carbocycles. The van der Waals surface area contributed by atoms with Gasteiger partial charge in [-0.1, -0.05) is 0 Å². The van der Waals surface area contributed by atoms with E-state index >= 15 is 0 Å². The zero-order valence-corrected chi connectivity index (χ0v) is 11.8. The second-order valence-corrected chi connectivity index (χ2v) is 5.13. The Balaban J connectivity index is 2.05. The molecule has 1 heterocycles. The molecule has 0 bridgehead atoms. The van der Waals surface area contributed by atoms with Crippen molar-refractivity contribution >= 4 is 11.3 Å². The quantitative estimate of drug-likeness (QED) is 0.681. The molecule has 0 atom stereocenters. The average molecular weight is 257 g/mol. The van der Waals surface area contributed by atoms with Crippen LogP contribution < -0.4 is 5.32 Å². The van der Waals surface area contributed by atoms with Crippen LogP contribution in [0.4, 0.5) is 0 Å². The van der Waals surface area contributed by atoms with Crippen LogP contribution in [0.2, 0.25) is 0 Å². The molecule has 0 saturated carbocycles. The zero-order valence-electron chi connectivity index (χ0n) is 11.0. The average Bonchev–Trinajstić information content (AvgIpc) is 2.69. The van der Waals surface area contributed by atoms with Crippen molar-refractivity contribution in [3.8, 4) is 0 Å². The first-order chi connectivity index (χ1) is 8.24. The van der Waals surface area contributed by atoms with E-state index in [1.807, 2.05) is 5.51 Å². The summed E-state index contributed by atoms with van der Waals surface area (Å²) >= 11 is 1.74. The summed E-state index contributed by atoms with van der Waals surface area (Å²) < 4.78 is 4.97. The van der Waals surface area contributed by atoms with Gasteiger partial charge in [-0.05, 0) is 33.5 Å². The van der Waals surface area contributed by atoms with Gasteiger partial charge >= 0.3 is 0 Å². The van der Waals surface area contributed by atoms with Crippen LogP contribution in [-0.2, 0) is 11.3 Å². The Morgan fingerprint density at radius 2 is 2.29 bits per heavy atom. The molecular formula is C12H23N3OS. The molecule has 17 heavy (non-hydrogen) atoms. The first kappa shape index (κ1) is 14.6. The molecule has 1 aromatic heterocycles. The summed E-state index contributed by atoms with van der Waals surface area (Å²) in [5, 5.41) is 3.35. The van der Waals surface area contributed by atoms with E-state index < -0.39 is 0 Å². The van der Waals surface area contributed by atoms with E-state index in [9.17, 15) is 0 Å². The van der Waals surface area contributed by atoms with Gasteiger partial charge in [0.15, 0.2) is 0 Å². The van der Waals surface area contributed by atoms with Crippen molar-refractivity contribution in [2.45, 2.75) is 19.9 Å². The minimum absolute atomic E-state index is 0.788. The first-order valence-electron chi connectivity index (χ1n) is 6.01. The van der Waals surface area contributed by atoms with Crippen LogP contribution in [0.25, 0.3) is 0 Å². The molecule has 0 fully saturated rings. The molecule has 0 spiro atoms. The third kappa shape index (κ3) is 6.12. The molecule has 1 aromatic rings. The van der Waals surface area contributed by atoms with Gasteiger partial charge in [-0.3, -0.25) is 0 Å². The first-order valence-corrected chi connectivity index (χ1v) is 6.89. The Labute approximate surface area is 108 Å². The van der Waals surface area contributed by atoms with Gasteiger partial charge in [0, 0.05) is 25.1 Å². The standard InChI is InChI=1S/C12H23N3OS/c1-11-12(17-10-14-11)9-15(2)7-4-5-13-6-8-16-3/h10,13H,4-9H2,1-3H3. The summed E-state index contributed by atoms with van der Waals surface area (Å²) in [6.45, 7) is 6.97. The van der Waals surface area contributed by atoms with Crippen LogP contribution in [-0.4, -0.2) is 50.3 Å². The van der Waals surface area contributed by atoms with Gasteiger partial charge in [0.05, 0.1) is 17.8 Å². The summed E-state index contributed by atoms with van der Waals surface area (Å²) in [4.78, 5) is 7.99. The van der Waals surface area contributed by atoms with Gasteiger partial charge in [-0.15, -0.1) is 11.3 Å². The normalized spacial score (nSPS) is 11.3. The van der Waals surface area contributed by atoms with Gasteiger partial charge in [0.25, 0.3) is 0 Å². The number of ether oxygens (including phenoxy) is 1. The number of thiazole rings is 1. The fourth-order valence-electron chi connectivity index (χ4n) is 1.58. The van der Waals surface area contributed by atoms with Crippen LogP contribution in [0.15, 0.2) is 5.51 Å². The maximum atomic E-state index is 4.97. The molecule has 0 amide bonds. The van der Waals surface area contributed by atoms with Crippen LogP contribution in [0.5, 0.6) is 0 Å². The van der Waals surface area contributed by atoms with Gasteiger partial charge in [-0.2, -0.15) is 0 Å². The molecule has 98 valence electrons. The number of aromatic nitrogens is 1. The molecular weight excluding hydrogens is 234 g/mol. The molecule has 0 saturated heterocycles. The Morgan fingerprint density at radius 1 is 1.47 bits per heavy atom. The van der Waals surface area contributed by atoms with Crippen molar-refractivity contribution in [2.75, 3.05) is 40.4 Å². The fourth-order valence-corrected chi connectivity index (χ4v) is 2.43. The Hall–Kier alpha value is -0.490. The number of methoxy groups -OCH3 is 1. The Morgan fingerprint density at radius 3 is 2.94 bits per heavy atom. The second-order valence-electron chi connectivity index (χ2n) is 4.20. The van der Waals surface area contributed by atoms with Crippen LogP contribution >= 0.6 is 11.3 Å². The lowest BCUT2D eigenvalue weighted by Crippen LogP contribution is -2.25. The van der Waals surface area contributed by atoms with E-state index in [2.05, 4.69) is 29.2 Å². The van der Waals surface area contributed by atoms with Crippen LogP contribution in [0.1, 0.15) is 17.0 Å². The lowest BCUT2D eigenvalue weighted by molar-refractivity contribution is 0.198. The molecule has 0 unspecified atom stereocenters. The highest BCUT2D eigenvalue weighted by Gasteiger charge is 2.04. The van der Waals surface area contributed by atoms with Crippen molar-refractivity contribution in [3.05, 3.63) is 16.1 Å².